The fraction of sp³-hybridized carbons (Fsp3) is 0.316. The summed E-state index contributed by atoms with van der Waals surface area (Å²) in [5.41, 5.74) is 6.79. The van der Waals surface area contributed by atoms with E-state index in [9.17, 15) is 9.18 Å². The van der Waals surface area contributed by atoms with E-state index in [1.807, 2.05) is 6.92 Å². The molecule has 0 saturated carbocycles. The smallest absolute Gasteiger partial charge is 0.314 e. The van der Waals surface area contributed by atoms with E-state index in [2.05, 4.69) is 4.98 Å². The number of methoxy groups -OCH3 is 1. The third kappa shape index (κ3) is 4.17. The van der Waals surface area contributed by atoms with Crippen molar-refractivity contribution in [1.29, 1.82) is 5.41 Å². The van der Waals surface area contributed by atoms with Crippen molar-refractivity contribution in [3.8, 4) is 17.0 Å². The minimum Gasteiger partial charge on any atom is -0.476 e. The van der Waals surface area contributed by atoms with Crippen LogP contribution in [0.1, 0.15) is 25.0 Å². The van der Waals surface area contributed by atoms with Gasteiger partial charge in [0.1, 0.15) is 18.3 Å². The van der Waals surface area contributed by atoms with Gasteiger partial charge >= 0.3 is 5.97 Å². The molecule has 7 heteroatoms. The second-order valence-corrected chi connectivity index (χ2v) is 6.61. The molecule has 0 aliphatic heterocycles. The number of pyridine rings is 1. The van der Waals surface area contributed by atoms with Crippen molar-refractivity contribution in [3.05, 3.63) is 47.4 Å². The summed E-state index contributed by atoms with van der Waals surface area (Å²) in [5.74, 6) is -0.883. The Balaban J connectivity index is 2.21. The van der Waals surface area contributed by atoms with Gasteiger partial charge in [0.2, 0.25) is 5.88 Å². The van der Waals surface area contributed by atoms with Gasteiger partial charge in [-0.3, -0.25) is 10.2 Å². The maximum atomic E-state index is 14.0. The van der Waals surface area contributed by atoms with Crippen molar-refractivity contribution in [2.45, 2.75) is 20.8 Å². The van der Waals surface area contributed by atoms with Gasteiger partial charge in [0.05, 0.1) is 18.1 Å². The van der Waals surface area contributed by atoms with Crippen LogP contribution < -0.4 is 10.5 Å². The van der Waals surface area contributed by atoms with E-state index in [1.54, 1.807) is 32.2 Å². The molecule has 0 unspecified atom stereocenters. The minimum atomic E-state index is -0.797. The van der Waals surface area contributed by atoms with E-state index >= 15 is 0 Å². The van der Waals surface area contributed by atoms with Crippen LogP contribution in [0.15, 0.2) is 30.5 Å². The maximum Gasteiger partial charge on any atom is 0.314 e. The summed E-state index contributed by atoms with van der Waals surface area (Å²) in [6.07, 6.45) is 1.58. The van der Waals surface area contributed by atoms with Gasteiger partial charge in [-0.05, 0) is 44.0 Å². The summed E-state index contributed by atoms with van der Waals surface area (Å²) in [5, 5.41) is 7.34. The SMILES string of the molecule is COC(=O)C(C)(C)COc1cc(C)c(-c2ccc(C(=N)N)c(F)c2)cn1. The van der Waals surface area contributed by atoms with Gasteiger partial charge in [-0.25, -0.2) is 9.37 Å². The predicted octanol–water partition coefficient (Wildman–Crippen LogP) is 3.06. The van der Waals surface area contributed by atoms with Crippen molar-refractivity contribution in [1.82, 2.24) is 4.98 Å². The van der Waals surface area contributed by atoms with Crippen LogP contribution in [-0.2, 0) is 9.53 Å². The standard InChI is InChI=1S/C19H22FN3O3/c1-11-7-16(26-10-19(2,3)18(24)25-4)23-9-14(11)12-5-6-13(17(21)22)15(20)8-12/h5-9H,10H2,1-4H3,(H3,21,22). The first kappa shape index (κ1) is 19.4. The lowest BCUT2D eigenvalue weighted by Crippen LogP contribution is -2.32. The largest absolute Gasteiger partial charge is 0.476 e. The van der Waals surface area contributed by atoms with Crippen LogP contribution in [0, 0.1) is 23.6 Å². The number of amidine groups is 1. The quantitative estimate of drug-likeness (QED) is 0.469. The number of hydrogen-bond acceptors (Lipinski definition) is 5. The molecular weight excluding hydrogens is 337 g/mol. The summed E-state index contributed by atoms with van der Waals surface area (Å²) in [7, 11) is 1.33. The van der Waals surface area contributed by atoms with E-state index in [0.717, 1.165) is 11.1 Å². The molecule has 0 amide bonds. The van der Waals surface area contributed by atoms with Gasteiger partial charge in [-0.1, -0.05) is 6.07 Å². The van der Waals surface area contributed by atoms with E-state index in [4.69, 9.17) is 20.6 Å². The molecular formula is C19H22FN3O3. The van der Waals surface area contributed by atoms with Gasteiger partial charge in [0, 0.05) is 17.8 Å². The first-order valence-electron chi connectivity index (χ1n) is 7.98. The number of nitrogens with two attached hydrogens (primary N) is 1. The average molecular weight is 359 g/mol. The van der Waals surface area contributed by atoms with Crippen LogP contribution in [0.25, 0.3) is 11.1 Å². The Labute approximate surface area is 151 Å². The topological polar surface area (TPSA) is 98.3 Å². The van der Waals surface area contributed by atoms with Gasteiger partial charge in [0.15, 0.2) is 0 Å². The molecule has 6 nitrogen and oxygen atoms in total. The first-order chi connectivity index (χ1) is 12.2. The number of aryl methyl sites for hydroxylation is 1. The number of carbonyl (C=O) groups excluding carboxylic acids is 1. The van der Waals surface area contributed by atoms with Crippen LogP contribution >= 0.6 is 0 Å². The lowest BCUT2D eigenvalue weighted by atomic mass is 9.95. The lowest BCUT2D eigenvalue weighted by molar-refractivity contribution is -0.152. The second kappa shape index (κ2) is 7.51. The zero-order valence-corrected chi connectivity index (χ0v) is 15.2. The average Bonchev–Trinajstić information content (AvgIpc) is 2.58. The highest BCUT2D eigenvalue weighted by molar-refractivity contribution is 5.95. The van der Waals surface area contributed by atoms with Gasteiger partial charge in [-0.15, -0.1) is 0 Å². The monoisotopic (exact) mass is 359 g/mol. The Hall–Kier alpha value is -2.96. The minimum absolute atomic E-state index is 0.0596. The van der Waals surface area contributed by atoms with E-state index in [-0.39, 0.29) is 24.0 Å². The van der Waals surface area contributed by atoms with Gasteiger partial charge in [0.25, 0.3) is 0 Å². The van der Waals surface area contributed by atoms with Crippen LogP contribution in [0.5, 0.6) is 5.88 Å². The molecule has 3 N–H and O–H groups in total. The lowest BCUT2D eigenvalue weighted by Gasteiger charge is -2.21. The maximum absolute atomic E-state index is 14.0. The molecule has 0 fully saturated rings. The van der Waals surface area contributed by atoms with E-state index in [1.165, 1.54) is 19.2 Å². The third-order valence-electron chi connectivity index (χ3n) is 3.97. The summed E-state index contributed by atoms with van der Waals surface area (Å²) < 4.78 is 24.4. The van der Waals surface area contributed by atoms with E-state index < -0.39 is 11.2 Å². The molecule has 1 heterocycles. The third-order valence-corrected chi connectivity index (χ3v) is 3.97. The molecule has 0 aliphatic rings. The number of esters is 1. The predicted molar refractivity (Wildman–Crippen MR) is 96.7 cm³/mol. The first-order valence-corrected chi connectivity index (χ1v) is 7.98. The number of halogens is 1. The molecule has 0 atom stereocenters. The second-order valence-electron chi connectivity index (χ2n) is 6.61. The summed E-state index contributed by atoms with van der Waals surface area (Å²) in [6.45, 7) is 5.42. The molecule has 0 bridgehead atoms. The molecule has 0 spiro atoms. The Bertz CT molecular complexity index is 850. The van der Waals surface area contributed by atoms with Gasteiger partial charge < -0.3 is 15.2 Å². The fourth-order valence-electron chi connectivity index (χ4n) is 2.40. The number of nitrogens with one attached hydrogen (secondary N) is 1. The molecule has 2 aromatic rings. The number of rotatable bonds is 6. The molecule has 0 saturated heterocycles. The number of aromatic nitrogens is 1. The van der Waals surface area contributed by atoms with Crippen LogP contribution in [-0.4, -0.2) is 30.5 Å². The highest BCUT2D eigenvalue weighted by atomic mass is 19.1. The Morgan fingerprint density at radius 3 is 2.58 bits per heavy atom. The molecule has 1 aromatic heterocycles. The van der Waals surface area contributed by atoms with Crippen LogP contribution in [0.2, 0.25) is 0 Å². The van der Waals surface area contributed by atoms with E-state index in [0.29, 0.717) is 11.4 Å². The molecule has 1 aromatic carbocycles. The molecule has 138 valence electrons. The molecule has 2 rings (SSSR count). The zero-order valence-electron chi connectivity index (χ0n) is 15.2. The van der Waals surface area contributed by atoms with Gasteiger partial charge in [-0.2, -0.15) is 0 Å². The van der Waals surface area contributed by atoms with Crippen molar-refractivity contribution >= 4 is 11.8 Å². The Kier molecular flexibility index (Phi) is 5.59. The highest BCUT2D eigenvalue weighted by Gasteiger charge is 2.30. The normalized spacial score (nSPS) is 11.1. The van der Waals surface area contributed by atoms with Crippen molar-refractivity contribution in [3.63, 3.8) is 0 Å². The summed E-state index contributed by atoms with van der Waals surface area (Å²) in [4.78, 5) is 15.9. The molecule has 0 aliphatic carbocycles. The highest BCUT2D eigenvalue weighted by Crippen LogP contribution is 2.27. The van der Waals surface area contributed by atoms with Crippen molar-refractivity contribution in [2.75, 3.05) is 13.7 Å². The molecule has 0 radical (unpaired) electrons. The van der Waals surface area contributed by atoms with Crippen molar-refractivity contribution < 1.29 is 18.7 Å². The summed E-state index contributed by atoms with van der Waals surface area (Å²) in [6, 6.07) is 6.20. The number of carbonyl (C=O) groups is 1. The number of nitrogens with zero attached hydrogens (tertiary/aromatic N) is 1. The Morgan fingerprint density at radius 2 is 2.04 bits per heavy atom. The number of ether oxygens (including phenoxy) is 2. The summed E-state index contributed by atoms with van der Waals surface area (Å²) >= 11 is 0. The number of nitrogen functional groups attached to an aromatic ring is 1. The fourth-order valence-corrected chi connectivity index (χ4v) is 2.40. The zero-order chi connectivity index (χ0) is 19.5. The van der Waals surface area contributed by atoms with Crippen molar-refractivity contribution in [2.24, 2.45) is 11.1 Å². The van der Waals surface area contributed by atoms with Crippen LogP contribution in [0.3, 0.4) is 0 Å². The van der Waals surface area contributed by atoms with Crippen LogP contribution in [0.4, 0.5) is 4.39 Å². The Morgan fingerprint density at radius 1 is 1.35 bits per heavy atom. The number of hydrogen-bond donors (Lipinski definition) is 2. The molecule has 26 heavy (non-hydrogen) atoms. The number of benzene rings is 1.